The molecule has 0 aromatic heterocycles. The fourth-order valence-corrected chi connectivity index (χ4v) is 3.99. The second-order valence-electron chi connectivity index (χ2n) is 8.72. The maximum Gasteiger partial charge on any atom is 0.243 e. The number of carbonyl (C=O) groups is 2. The van der Waals surface area contributed by atoms with Crippen molar-refractivity contribution in [3.05, 3.63) is 95.6 Å². The fraction of sp³-hybridized carbons (Fsp3) is 0.286. The molecular formula is C28H30N2O4. The van der Waals surface area contributed by atoms with Crippen LogP contribution in [0.25, 0.3) is 0 Å². The summed E-state index contributed by atoms with van der Waals surface area (Å²) in [6, 6.07) is 24.6. The molecule has 0 saturated carbocycles. The van der Waals surface area contributed by atoms with Gasteiger partial charge in [0.1, 0.15) is 6.04 Å². The summed E-state index contributed by atoms with van der Waals surface area (Å²) in [7, 11) is 0. The van der Waals surface area contributed by atoms with Gasteiger partial charge < -0.3 is 19.7 Å². The number of ether oxygens (including phenoxy) is 2. The van der Waals surface area contributed by atoms with Crippen molar-refractivity contribution < 1.29 is 19.1 Å². The number of hydrogen-bond acceptors (Lipinski definition) is 4. The Balaban J connectivity index is 1.57. The molecule has 0 fully saturated rings. The molecule has 3 aromatic rings. The standard InChI is InChI=1S/C28H30N2O4/c1-20(2)28(32)30(18-22-11-7-4-8-12-22)24(15-21-9-5-3-6-10-21)27(31)29-17-23-13-14-25-26(16-23)34-19-33-25/h3-14,16,20,24H,15,17-19H2,1-2H3,(H,29,31)/t24-/m1/s1. The Labute approximate surface area is 200 Å². The van der Waals surface area contributed by atoms with E-state index in [0.717, 1.165) is 16.7 Å². The monoisotopic (exact) mass is 458 g/mol. The first-order valence-electron chi connectivity index (χ1n) is 11.6. The number of benzene rings is 3. The first-order chi connectivity index (χ1) is 16.5. The maximum absolute atomic E-state index is 13.6. The Morgan fingerprint density at radius 3 is 2.18 bits per heavy atom. The minimum atomic E-state index is -0.647. The second kappa shape index (κ2) is 10.9. The Bertz CT molecular complexity index is 1120. The van der Waals surface area contributed by atoms with Crippen molar-refractivity contribution in [3.8, 4) is 11.5 Å². The van der Waals surface area contributed by atoms with Gasteiger partial charge in [-0.25, -0.2) is 0 Å². The van der Waals surface area contributed by atoms with Crippen LogP contribution in [0.1, 0.15) is 30.5 Å². The number of hydrogen-bond donors (Lipinski definition) is 1. The highest BCUT2D eigenvalue weighted by Crippen LogP contribution is 2.32. The molecule has 0 saturated heterocycles. The molecule has 4 rings (SSSR count). The quantitative estimate of drug-likeness (QED) is 0.518. The summed E-state index contributed by atoms with van der Waals surface area (Å²) in [5, 5.41) is 3.04. The van der Waals surface area contributed by atoms with Crippen molar-refractivity contribution in [2.24, 2.45) is 5.92 Å². The molecule has 0 bridgehead atoms. The van der Waals surface area contributed by atoms with Gasteiger partial charge in [0, 0.05) is 25.4 Å². The lowest BCUT2D eigenvalue weighted by atomic mass is 10.0. The Morgan fingerprint density at radius 2 is 1.50 bits per heavy atom. The van der Waals surface area contributed by atoms with Gasteiger partial charge in [-0.05, 0) is 28.8 Å². The van der Waals surface area contributed by atoms with E-state index in [0.29, 0.717) is 31.0 Å². The lowest BCUT2D eigenvalue weighted by molar-refractivity contribution is -0.143. The number of nitrogens with one attached hydrogen (secondary N) is 1. The average molecular weight is 459 g/mol. The SMILES string of the molecule is CC(C)C(=O)N(Cc1ccccc1)[C@H](Cc1ccccc1)C(=O)NCc1ccc2c(c1)OCO2. The number of fused-ring (bicyclic) bond motifs is 1. The minimum Gasteiger partial charge on any atom is -0.454 e. The van der Waals surface area contributed by atoms with Gasteiger partial charge in [-0.15, -0.1) is 0 Å². The molecule has 1 N–H and O–H groups in total. The molecule has 6 nitrogen and oxygen atoms in total. The van der Waals surface area contributed by atoms with Crippen molar-refractivity contribution >= 4 is 11.8 Å². The zero-order chi connectivity index (χ0) is 23.9. The summed E-state index contributed by atoms with van der Waals surface area (Å²) < 4.78 is 10.8. The van der Waals surface area contributed by atoms with Crippen LogP contribution in [0.2, 0.25) is 0 Å². The lowest BCUT2D eigenvalue weighted by Crippen LogP contribution is -2.51. The van der Waals surface area contributed by atoms with Crippen LogP contribution in [-0.4, -0.2) is 29.5 Å². The van der Waals surface area contributed by atoms with Gasteiger partial charge >= 0.3 is 0 Å². The van der Waals surface area contributed by atoms with E-state index in [1.807, 2.05) is 92.7 Å². The normalized spacial score (nSPS) is 12.9. The van der Waals surface area contributed by atoms with Gasteiger partial charge in [-0.1, -0.05) is 80.6 Å². The van der Waals surface area contributed by atoms with E-state index in [1.54, 1.807) is 4.90 Å². The van der Waals surface area contributed by atoms with Crippen molar-refractivity contribution in [2.75, 3.05) is 6.79 Å². The smallest absolute Gasteiger partial charge is 0.243 e. The van der Waals surface area contributed by atoms with Gasteiger partial charge in [0.05, 0.1) is 0 Å². The molecule has 3 aromatic carbocycles. The van der Waals surface area contributed by atoms with E-state index in [2.05, 4.69) is 5.32 Å². The number of carbonyl (C=O) groups excluding carboxylic acids is 2. The van der Waals surface area contributed by atoms with Crippen LogP contribution in [0.15, 0.2) is 78.9 Å². The minimum absolute atomic E-state index is 0.0528. The van der Waals surface area contributed by atoms with Crippen LogP contribution in [0.5, 0.6) is 11.5 Å². The topological polar surface area (TPSA) is 67.9 Å². The predicted molar refractivity (Wildman–Crippen MR) is 130 cm³/mol. The molecule has 6 heteroatoms. The van der Waals surface area contributed by atoms with E-state index in [9.17, 15) is 9.59 Å². The number of amides is 2. The van der Waals surface area contributed by atoms with Crippen LogP contribution >= 0.6 is 0 Å². The van der Waals surface area contributed by atoms with E-state index in [1.165, 1.54) is 0 Å². The summed E-state index contributed by atoms with van der Waals surface area (Å²) in [5.74, 6) is 0.903. The molecule has 2 amide bonds. The Kier molecular flexibility index (Phi) is 7.48. The molecule has 1 atom stereocenters. The van der Waals surface area contributed by atoms with Gasteiger partial charge in [-0.3, -0.25) is 9.59 Å². The van der Waals surface area contributed by atoms with E-state index >= 15 is 0 Å². The second-order valence-corrected chi connectivity index (χ2v) is 8.72. The largest absolute Gasteiger partial charge is 0.454 e. The summed E-state index contributed by atoms with van der Waals surface area (Å²) in [5.41, 5.74) is 2.89. The van der Waals surface area contributed by atoms with Gasteiger partial charge in [-0.2, -0.15) is 0 Å². The summed E-state index contributed by atoms with van der Waals surface area (Å²) >= 11 is 0. The summed E-state index contributed by atoms with van der Waals surface area (Å²) in [4.78, 5) is 28.6. The van der Waals surface area contributed by atoms with Crippen LogP contribution < -0.4 is 14.8 Å². The molecule has 0 aliphatic carbocycles. The molecule has 1 aliphatic heterocycles. The van der Waals surface area contributed by atoms with Crippen molar-refractivity contribution in [3.63, 3.8) is 0 Å². The Hall–Kier alpha value is -3.80. The third-order valence-corrected chi connectivity index (χ3v) is 5.83. The Morgan fingerprint density at radius 1 is 0.853 bits per heavy atom. The molecule has 1 aliphatic rings. The van der Waals surface area contributed by atoms with Crippen molar-refractivity contribution in [2.45, 2.75) is 39.4 Å². The van der Waals surface area contributed by atoms with Crippen molar-refractivity contribution in [1.82, 2.24) is 10.2 Å². The summed E-state index contributed by atoms with van der Waals surface area (Å²) in [6.07, 6.45) is 0.430. The zero-order valence-electron chi connectivity index (χ0n) is 19.6. The highest BCUT2D eigenvalue weighted by molar-refractivity contribution is 5.88. The predicted octanol–water partition coefficient (Wildman–Crippen LogP) is 4.33. The van der Waals surface area contributed by atoms with Gasteiger partial charge in [0.25, 0.3) is 0 Å². The maximum atomic E-state index is 13.6. The van der Waals surface area contributed by atoms with Crippen LogP contribution in [0.3, 0.4) is 0 Å². The van der Waals surface area contributed by atoms with Gasteiger partial charge in [0.15, 0.2) is 11.5 Å². The molecule has 0 spiro atoms. The van der Waals surface area contributed by atoms with E-state index in [-0.39, 0.29) is 24.5 Å². The zero-order valence-corrected chi connectivity index (χ0v) is 19.6. The molecule has 176 valence electrons. The average Bonchev–Trinajstić information content (AvgIpc) is 3.33. The highest BCUT2D eigenvalue weighted by Gasteiger charge is 2.31. The fourth-order valence-electron chi connectivity index (χ4n) is 3.99. The van der Waals surface area contributed by atoms with E-state index < -0.39 is 6.04 Å². The van der Waals surface area contributed by atoms with Crippen LogP contribution in [-0.2, 0) is 29.1 Å². The number of nitrogens with zero attached hydrogens (tertiary/aromatic N) is 1. The van der Waals surface area contributed by atoms with Crippen molar-refractivity contribution in [1.29, 1.82) is 0 Å². The third kappa shape index (κ3) is 5.76. The van der Waals surface area contributed by atoms with E-state index in [4.69, 9.17) is 9.47 Å². The number of rotatable bonds is 9. The summed E-state index contributed by atoms with van der Waals surface area (Å²) in [6.45, 7) is 4.63. The van der Waals surface area contributed by atoms with Crippen LogP contribution in [0, 0.1) is 5.92 Å². The third-order valence-electron chi connectivity index (χ3n) is 5.83. The lowest BCUT2D eigenvalue weighted by Gasteiger charge is -2.32. The first-order valence-corrected chi connectivity index (χ1v) is 11.6. The molecule has 0 radical (unpaired) electrons. The molecule has 34 heavy (non-hydrogen) atoms. The molecular weight excluding hydrogens is 428 g/mol. The van der Waals surface area contributed by atoms with Gasteiger partial charge in [0.2, 0.25) is 18.6 Å². The highest BCUT2D eigenvalue weighted by atomic mass is 16.7. The first kappa shape index (κ1) is 23.4. The molecule has 1 heterocycles. The van der Waals surface area contributed by atoms with Crippen LogP contribution in [0.4, 0.5) is 0 Å². The molecule has 0 unspecified atom stereocenters.